The van der Waals surface area contributed by atoms with Crippen molar-refractivity contribution in [2.24, 2.45) is 0 Å². The van der Waals surface area contributed by atoms with Crippen LogP contribution in [0.4, 0.5) is 0 Å². The molecule has 0 radical (unpaired) electrons. The molecule has 1 aliphatic rings. The second kappa shape index (κ2) is 10.1. The molecule has 0 aromatic heterocycles. The minimum Gasteiger partial charge on any atom is -0.415 e. The molecule has 0 saturated carbocycles. The fourth-order valence-electron chi connectivity index (χ4n) is 3.14. The Bertz CT molecular complexity index is 507. The Morgan fingerprint density at radius 2 is 1.03 bits per heavy atom. The van der Waals surface area contributed by atoms with Crippen LogP contribution in [0.1, 0.15) is 0 Å². The normalized spacial score (nSPS) is 29.9. The van der Waals surface area contributed by atoms with Gasteiger partial charge in [-0.1, -0.05) is 0 Å². The van der Waals surface area contributed by atoms with E-state index in [1.165, 1.54) is 0 Å². The van der Waals surface area contributed by atoms with Gasteiger partial charge >= 0.3 is 0 Å². The maximum absolute atomic E-state index is 6.60. The number of ether oxygens (including phenoxy) is 2. The van der Waals surface area contributed by atoms with E-state index in [9.17, 15) is 0 Å². The van der Waals surface area contributed by atoms with Crippen LogP contribution in [0, 0.1) is 0 Å². The SMILES string of the molecule is CO[C@H]1[C@H](O[Si](C)(C)C)[C@@H](CO[Si](C)(C)C)OC(O[Si](C)(C)C)[C@@H]1O[Si](C)(C)C. The van der Waals surface area contributed by atoms with Gasteiger partial charge in [0, 0.05) is 7.11 Å². The van der Waals surface area contributed by atoms with Gasteiger partial charge in [-0.25, -0.2) is 0 Å². The summed E-state index contributed by atoms with van der Waals surface area (Å²) in [5.74, 6) is 0. The quantitative estimate of drug-likeness (QED) is 0.414. The maximum Gasteiger partial charge on any atom is 0.187 e. The second-order valence-electron chi connectivity index (χ2n) is 11.8. The molecular formula is C19H46O6Si4. The minimum atomic E-state index is -1.87. The fourth-order valence-corrected chi connectivity index (χ4v) is 6.86. The van der Waals surface area contributed by atoms with E-state index < -0.39 is 39.6 Å². The smallest absolute Gasteiger partial charge is 0.187 e. The molecule has 0 N–H and O–H groups in total. The Hall–Kier alpha value is 0.628. The van der Waals surface area contributed by atoms with Gasteiger partial charge in [0.05, 0.1) is 6.61 Å². The lowest BCUT2D eigenvalue weighted by atomic mass is 9.99. The molecule has 6 nitrogen and oxygen atoms in total. The highest BCUT2D eigenvalue weighted by Crippen LogP contribution is 2.33. The fraction of sp³-hybridized carbons (Fsp3) is 1.00. The number of hydrogen-bond donors (Lipinski definition) is 0. The summed E-state index contributed by atoms with van der Waals surface area (Å²) in [6.45, 7) is 26.7. The van der Waals surface area contributed by atoms with Crippen LogP contribution in [0.3, 0.4) is 0 Å². The van der Waals surface area contributed by atoms with E-state index in [0.29, 0.717) is 6.61 Å². The van der Waals surface area contributed by atoms with Crippen LogP contribution in [0.2, 0.25) is 78.6 Å². The summed E-state index contributed by atoms with van der Waals surface area (Å²) in [6.07, 6.45) is -1.55. The molecule has 10 heteroatoms. The summed E-state index contributed by atoms with van der Waals surface area (Å²) in [7, 11) is -5.57. The van der Waals surface area contributed by atoms with Gasteiger partial charge < -0.3 is 27.2 Å². The van der Waals surface area contributed by atoms with E-state index in [1.54, 1.807) is 7.11 Å². The van der Waals surface area contributed by atoms with Gasteiger partial charge in [0.15, 0.2) is 39.6 Å². The van der Waals surface area contributed by atoms with Crippen molar-refractivity contribution in [3.63, 3.8) is 0 Å². The summed E-state index contributed by atoms with van der Waals surface area (Å²) in [5, 5.41) is 0. The van der Waals surface area contributed by atoms with Gasteiger partial charge in [0.25, 0.3) is 0 Å². The van der Waals surface area contributed by atoms with Crippen LogP contribution in [-0.2, 0) is 27.2 Å². The van der Waals surface area contributed by atoms with Gasteiger partial charge in [-0.2, -0.15) is 0 Å². The van der Waals surface area contributed by atoms with E-state index in [0.717, 1.165) is 0 Å². The van der Waals surface area contributed by atoms with E-state index in [-0.39, 0.29) is 24.4 Å². The Labute approximate surface area is 183 Å². The van der Waals surface area contributed by atoms with Crippen LogP contribution in [0.25, 0.3) is 0 Å². The lowest BCUT2D eigenvalue weighted by molar-refractivity contribution is -0.276. The molecule has 5 atom stereocenters. The lowest BCUT2D eigenvalue weighted by Gasteiger charge is -2.50. The molecule has 1 unspecified atom stereocenters. The summed E-state index contributed by atoms with van der Waals surface area (Å²) < 4.78 is 38.4. The van der Waals surface area contributed by atoms with E-state index in [4.69, 9.17) is 27.2 Å². The molecule has 1 fully saturated rings. The third-order valence-electron chi connectivity index (χ3n) is 3.99. The van der Waals surface area contributed by atoms with E-state index in [2.05, 4.69) is 78.6 Å². The highest BCUT2D eigenvalue weighted by atomic mass is 28.4. The monoisotopic (exact) mass is 482 g/mol. The van der Waals surface area contributed by atoms with Crippen LogP contribution in [-0.4, -0.2) is 77.7 Å². The zero-order chi connectivity index (χ0) is 22.8. The topological polar surface area (TPSA) is 55.4 Å². The van der Waals surface area contributed by atoms with Crippen molar-refractivity contribution in [3.05, 3.63) is 0 Å². The Kier molecular flexibility index (Phi) is 9.59. The van der Waals surface area contributed by atoms with Crippen LogP contribution < -0.4 is 0 Å². The molecule has 0 aromatic carbocycles. The predicted octanol–water partition coefficient (Wildman–Crippen LogP) is 4.87. The van der Waals surface area contributed by atoms with Gasteiger partial charge in [-0.15, -0.1) is 0 Å². The first-order chi connectivity index (χ1) is 12.8. The summed E-state index contributed by atoms with van der Waals surface area (Å²) >= 11 is 0. The lowest BCUT2D eigenvalue weighted by Crippen LogP contribution is -2.65. The standard InChI is InChI=1S/C19H46O6Si4/c1-20-17-16(23-27(5,6)7)15(14-21-26(2,3)4)22-19(25-29(11,12)13)18(17)24-28(8,9)10/h15-19H,14H2,1-13H3/t15-,16-,17+,18-,19?/m1/s1. The second-order valence-corrected chi connectivity index (χ2v) is 29.7. The van der Waals surface area contributed by atoms with Crippen molar-refractivity contribution in [2.45, 2.75) is 109 Å². The zero-order valence-corrected chi connectivity index (χ0v) is 25.0. The van der Waals surface area contributed by atoms with Crippen molar-refractivity contribution in [1.29, 1.82) is 0 Å². The van der Waals surface area contributed by atoms with Crippen LogP contribution in [0.15, 0.2) is 0 Å². The maximum atomic E-state index is 6.60. The van der Waals surface area contributed by atoms with Gasteiger partial charge in [-0.3, -0.25) is 0 Å². The summed E-state index contributed by atoms with van der Waals surface area (Å²) in [5.41, 5.74) is 0. The molecule has 0 bridgehead atoms. The zero-order valence-electron chi connectivity index (χ0n) is 21.0. The first-order valence-electron chi connectivity index (χ1n) is 10.7. The highest BCUT2D eigenvalue weighted by molar-refractivity contribution is 6.71. The average molecular weight is 483 g/mol. The molecule has 0 aromatic rings. The average Bonchev–Trinajstić information content (AvgIpc) is 2.43. The Morgan fingerprint density at radius 1 is 0.586 bits per heavy atom. The minimum absolute atomic E-state index is 0.245. The first-order valence-corrected chi connectivity index (χ1v) is 24.3. The van der Waals surface area contributed by atoms with Crippen molar-refractivity contribution in [1.82, 2.24) is 0 Å². The molecule has 174 valence electrons. The number of methoxy groups -OCH3 is 1. The molecule has 1 heterocycles. The van der Waals surface area contributed by atoms with Crippen LogP contribution >= 0.6 is 0 Å². The molecule has 1 rings (SSSR count). The highest BCUT2D eigenvalue weighted by Gasteiger charge is 2.51. The van der Waals surface area contributed by atoms with Crippen molar-refractivity contribution >= 4 is 33.3 Å². The predicted molar refractivity (Wildman–Crippen MR) is 130 cm³/mol. The van der Waals surface area contributed by atoms with Crippen molar-refractivity contribution < 1.29 is 27.2 Å². The van der Waals surface area contributed by atoms with E-state index >= 15 is 0 Å². The Balaban J connectivity index is 3.29. The summed E-state index contributed by atoms with van der Waals surface area (Å²) in [6, 6.07) is 0. The first kappa shape index (κ1) is 27.7. The van der Waals surface area contributed by atoms with Gasteiger partial charge in [-0.05, 0) is 78.6 Å². The van der Waals surface area contributed by atoms with Gasteiger partial charge in [0.2, 0.25) is 0 Å². The number of hydrogen-bond acceptors (Lipinski definition) is 6. The van der Waals surface area contributed by atoms with Crippen molar-refractivity contribution in [2.75, 3.05) is 13.7 Å². The summed E-state index contributed by atoms with van der Waals surface area (Å²) in [4.78, 5) is 0. The van der Waals surface area contributed by atoms with Crippen LogP contribution in [0.5, 0.6) is 0 Å². The largest absolute Gasteiger partial charge is 0.415 e. The third-order valence-corrected chi connectivity index (χ3v) is 7.92. The van der Waals surface area contributed by atoms with Crippen molar-refractivity contribution in [3.8, 4) is 0 Å². The van der Waals surface area contributed by atoms with Gasteiger partial charge in [0.1, 0.15) is 24.4 Å². The molecule has 0 amide bonds. The molecule has 29 heavy (non-hydrogen) atoms. The Morgan fingerprint density at radius 3 is 1.41 bits per heavy atom. The molecule has 0 spiro atoms. The third kappa shape index (κ3) is 10.7. The molecule has 0 aliphatic carbocycles. The molecule has 1 aliphatic heterocycles. The molecule has 1 saturated heterocycles. The number of rotatable bonds is 10. The molecular weight excluding hydrogens is 437 g/mol. The van der Waals surface area contributed by atoms with E-state index in [1.807, 2.05) is 0 Å².